The molecular weight excluding hydrogens is 417 g/mol. The first-order valence-corrected chi connectivity index (χ1v) is 12.8. The lowest BCUT2D eigenvalue weighted by Crippen LogP contribution is -2.44. The number of hydroxylamine groups is 2. The summed E-state index contributed by atoms with van der Waals surface area (Å²) in [6.45, 7) is 13.1. The molecule has 0 amide bonds. The number of alkyl halides is 1. The minimum absolute atomic E-state index is 0.249. The molecule has 2 atom stereocenters. The van der Waals surface area contributed by atoms with E-state index in [4.69, 9.17) is 9.26 Å². The highest BCUT2D eigenvalue weighted by Crippen LogP contribution is 2.37. The van der Waals surface area contributed by atoms with E-state index in [0.717, 1.165) is 24.0 Å². The lowest BCUT2D eigenvalue weighted by molar-refractivity contribution is -0.167. The van der Waals surface area contributed by atoms with Crippen molar-refractivity contribution in [1.29, 1.82) is 0 Å². The number of benzene rings is 1. The van der Waals surface area contributed by atoms with Crippen molar-refractivity contribution in [2.24, 2.45) is 0 Å². The van der Waals surface area contributed by atoms with Gasteiger partial charge in [0.25, 0.3) is 0 Å². The summed E-state index contributed by atoms with van der Waals surface area (Å²) in [4.78, 5) is 6.14. The molecular formula is C18H30INO2Si. The second kappa shape index (κ2) is 7.95. The molecule has 5 heteroatoms. The summed E-state index contributed by atoms with van der Waals surface area (Å²) in [7, 11) is -1.71. The molecule has 1 saturated heterocycles. The zero-order chi connectivity index (χ0) is 17.1. The van der Waals surface area contributed by atoms with Crippen LogP contribution in [0.25, 0.3) is 0 Å². The van der Waals surface area contributed by atoms with Gasteiger partial charge in [0.15, 0.2) is 8.32 Å². The van der Waals surface area contributed by atoms with E-state index in [1.807, 2.05) is 0 Å². The van der Waals surface area contributed by atoms with Gasteiger partial charge in [0.05, 0.1) is 18.8 Å². The third-order valence-corrected chi connectivity index (χ3v) is 10.5. The molecule has 0 aromatic heterocycles. The maximum atomic E-state index is 6.45. The fourth-order valence-corrected chi connectivity index (χ4v) is 4.00. The van der Waals surface area contributed by atoms with E-state index in [1.165, 1.54) is 5.56 Å². The highest BCUT2D eigenvalue weighted by atomic mass is 127. The molecule has 1 fully saturated rings. The van der Waals surface area contributed by atoms with Gasteiger partial charge in [0, 0.05) is 11.0 Å². The zero-order valence-corrected chi connectivity index (χ0v) is 18.2. The van der Waals surface area contributed by atoms with Crippen LogP contribution in [0.1, 0.15) is 32.8 Å². The van der Waals surface area contributed by atoms with Crippen LogP contribution in [-0.2, 0) is 15.8 Å². The van der Waals surface area contributed by atoms with E-state index in [0.29, 0.717) is 12.1 Å². The van der Waals surface area contributed by atoms with Gasteiger partial charge >= 0.3 is 0 Å². The number of hydrogen-bond acceptors (Lipinski definition) is 3. The van der Waals surface area contributed by atoms with Crippen LogP contribution in [0, 0.1) is 0 Å². The predicted molar refractivity (Wildman–Crippen MR) is 107 cm³/mol. The van der Waals surface area contributed by atoms with Crippen molar-refractivity contribution in [1.82, 2.24) is 5.06 Å². The largest absolute Gasteiger partial charge is 0.415 e. The van der Waals surface area contributed by atoms with Crippen molar-refractivity contribution >= 4 is 30.9 Å². The zero-order valence-electron chi connectivity index (χ0n) is 15.0. The molecule has 2 rings (SSSR count). The molecule has 23 heavy (non-hydrogen) atoms. The van der Waals surface area contributed by atoms with Gasteiger partial charge in [0.1, 0.15) is 0 Å². The van der Waals surface area contributed by atoms with Crippen LogP contribution in [0.5, 0.6) is 0 Å². The van der Waals surface area contributed by atoms with Crippen molar-refractivity contribution in [3.05, 3.63) is 35.9 Å². The third kappa shape index (κ3) is 5.26. The Morgan fingerprint density at radius 3 is 2.48 bits per heavy atom. The topological polar surface area (TPSA) is 21.7 Å². The van der Waals surface area contributed by atoms with Crippen LogP contribution in [0.3, 0.4) is 0 Å². The standard InChI is InChI=1S/C18H30INO2Si/c1-18(2,3)23(4,5)21-14-16-11-17(12-19)22-20(16)13-15-9-7-6-8-10-15/h6-10,16-17H,11-14H2,1-5H3. The van der Waals surface area contributed by atoms with E-state index in [-0.39, 0.29) is 5.04 Å². The van der Waals surface area contributed by atoms with Crippen LogP contribution < -0.4 is 0 Å². The third-order valence-electron chi connectivity index (χ3n) is 5.02. The van der Waals surface area contributed by atoms with Gasteiger partial charge in [-0.25, -0.2) is 0 Å². The summed E-state index contributed by atoms with van der Waals surface area (Å²) in [5.41, 5.74) is 1.29. The molecule has 0 bridgehead atoms. The summed E-state index contributed by atoms with van der Waals surface area (Å²) in [5.74, 6) is 0. The molecule has 1 aromatic carbocycles. The summed E-state index contributed by atoms with van der Waals surface area (Å²) >= 11 is 2.41. The Bertz CT molecular complexity index is 490. The summed E-state index contributed by atoms with van der Waals surface area (Å²) < 4.78 is 7.48. The van der Waals surface area contributed by atoms with Gasteiger partial charge in [-0.15, -0.1) is 0 Å². The maximum Gasteiger partial charge on any atom is 0.192 e. The van der Waals surface area contributed by atoms with Crippen molar-refractivity contribution in [3.63, 3.8) is 0 Å². The van der Waals surface area contributed by atoms with Crippen molar-refractivity contribution in [2.45, 2.75) is 64.0 Å². The smallest absolute Gasteiger partial charge is 0.192 e. The lowest BCUT2D eigenvalue weighted by atomic mass is 10.1. The number of halogens is 1. The Hall–Kier alpha value is 0.0469. The van der Waals surface area contributed by atoms with E-state index < -0.39 is 8.32 Å². The van der Waals surface area contributed by atoms with Crippen LogP contribution in [0.15, 0.2) is 30.3 Å². The molecule has 1 aromatic rings. The highest BCUT2D eigenvalue weighted by Gasteiger charge is 2.40. The summed E-state index contributed by atoms with van der Waals surface area (Å²) in [6.07, 6.45) is 1.37. The number of rotatable bonds is 6. The van der Waals surface area contributed by atoms with Crippen LogP contribution >= 0.6 is 22.6 Å². The Labute approximate surface area is 156 Å². The van der Waals surface area contributed by atoms with Gasteiger partial charge in [-0.2, -0.15) is 5.06 Å². The molecule has 2 unspecified atom stereocenters. The van der Waals surface area contributed by atoms with E-state index in [2.05, 4.69) is 91.9 Å². The normalized spacial score (nSPS) is 23.4. The van der Waals surface area contributed by atoms with E-state index >= 15 is 0 Å². The van der Waals surface area contributed by atoms with Crippen LogP contribution in [0.2, 0.25) is 18.1 Å². The Kier molecular flexibility index (Phi) is 6.70. The molecule has 0 saturated carbocycles. The first-order valence-electron chi connectivity index (χ1n) is 8.40. The summed E-state index contributed by atoms with van der Waals surface area (Å²) in [6, 6.07) is 10.9. The van der Waals surface area contributed by atoms with Gasteiger partial charge in [0.2, 0.25) is 0 Å². The molecule has 1 aliphatic rings. The average Bonchev–Trinajstić information content (AvgIpc) is 2.87. The second-order valence-electron chi connectivity index (χ2n) is 7.90. The average molecular weight is 447 g/mol. The molecule has 0 radical (unpaired) electrons. The Morgan fingerprint density at radius 1 is 1.26 bits per heavy atom. The van der Waals surface area contributed by atoms with Crippen molar-refractivity contribution in [2.75, 3.05) is 11.0 Å². The highest BCUT2D eigenvalue weighted by molar-refractivity contribution is 14.1. The maximum absolute atomic E-state index is 6.45. The first kappa shape index (κ1) is 19.4. The fourth-order valence-electron chi connectivity index (χ4n) is 2.43. The quantitative estimate of drug-likeness (QED) is 0.347. The predicted octanol–water partition coefficient (Wildman–Crippen LogP) is 5.02. The van der Waals surface area contributed by atoms with Gasteiger partial charge in [-0.3, -0.25) is 4.84 Å². The van der Waals surface area contributed by atoms with Gasteiger partial charge in [-0.05, 0) is 30.1 Å². The van der Waals surface area contributed by atoms with E-state index in [1.54, 1.807) is 0 Å². The molecule has 3 nitrogen and oxygen atoms in total. The molecule has 0 aliphatic carbocycles. The Morgan fingerprint density at radius 2 is 1.91 bits per heavy atom. The van der Waals surface area contributed by atoms with E-state index in [9.17, 15) is 0 Å². The molecule has 130 valence electrons. The molecule has 0 N–H and O–H groups in total. The van der Waals surface area contributed by atoms with Crippen molar-refractivity contribution in [3.8, 4) is 0 Å². The minimum atomic E-state index is -1.71. The second-order valence-corrected chi connectivity index (χ2v) is 13.6. The van der Waals surface area contributed by atoms with Gasteiger partial charge < -0.3 is 4.43 Å². The summed E-state index contributed by atoms with van der Waals surface area (Å²) in [5, 5.41) is 2.39. The monoisotopic (exact) mass is 447 g/mol. The molecule has 1 aliphatic heterocycles. The fraction of sp³-hybridized carbons (Fsp3) is 0.667. The van der Waals surface area contributed by atoms with Crippen molar-refractivity contribution < 1.29 is 9.26 Å². The van der Waals surface area contributed by atoms with Gasteiger partial charge in [-0.1, -0.05) is 73.7 Å². The Balaban J connectivity index is 2.00. The SMILES string of the molecule is CC(C)(C)[Si](C)(C)OCC1CC(CI)ON1Cc1ccccc1. The van der Waals surface area contributed by atoms with Crippen LogP contribution in [-0.4, -0.2) is 36.6 Å². The minimum Gasteiger partial charge on any atom is -0.415 e. The van der Waals surface area contributed by atoms with Crippen LogP contribution in [0.4, 0.5) is 0 Å². The molecule has 1 heterocycles. The number of nitrogens with zero attached hydrogens (tertiary/aromatic N) is 1. The number of hydrogen-bond donors (Lipinski definition) is 0. The first-order chi connectivity index (χ1) is 10.7. The molecule has 0 spiro atoms. The lowest BCUT2D eigenvalue weighted by Gasteiger charge is -2.37.